The maximum atomic E-state index is 12.8. The third kappa shape index (κ3) is 6.39. The highest BCUT2D eigenvalue weighted by molar-refractivity contribution is 7.99. The van der Waals surface area contributed by atoms with Crippen LogP contribution in [0.15, 0.2) is 29.2 Å². The van der Waals surface area contributed by atoms with Gasteiger partial charge in [-0.15, -0.1) is 0 Å². The number of anilines is 1. The summed E-state index contributed by atoms with van der Waals surface area (Å²) in [6.45, 7) is 6.72. The largest absolute Gasteiger partial charge is 0.372 e. The van der Waals surface area contributed by atoms with Gasteiger partial charge in [0.05, 0.1) is 24.4 Å². The molecule has 3 rings (SSSR count). The number of benzene rings is 1. The number of para-hydroxylation sites is 1. The lowest BCUT2D eigenvalue weighted by Crippen LogP contribution is -2.51. The summed E-state index contributed by atoms with van der Waals surface area (Å²) < 4.78 is 31.1. The molecule has 2 fully saturated rings. The first-order chi connectivity index (χ1) is 14.3. The zero-order chi connectivity index (χ0) is 21.7. The maximum absolute atomic E-state index is 12.8. The summed E-state index contributed by atoms with van der Waals surface area (Å²) in [6, 6.07) is 6.56. The molecular formula is C21H29F2N3O3S. The standard InChI is InChI=1S/C21H29F2N3O3S/c1-14-11-26(12-15(2)29-14)20(28)16-7-9-25(10-8-16)13-19(27)24-17-5-3-4-6-18(17)30-21(22)23/h3-6,14-16,21H,7-13H2,1-2H3,(H,24,27)/t14-,15-/m1/s1. The predicted molar refractivity (Wildman–Crippen MR) is 113 cm³/mol. The van der Waals surface area contributed by atoms with Crippen molar-refractivity contribution in [2.75, 3.05) is 38.0 Å². The number of alkyl halides is 2. The van der Waals surface area contributed by atoms with E-state index in [2.05, 4.69) is 5.32 Å². The Hall–Kier alpha value is -1.71. The van der Waals surface area contributed by atoms with Crippen molar-refractivity contribution < 1.29 is 23.1 Å². The number of carbonyl (C=O) groups excluding carboxylic acids is 2. The van der Waals surface area contributed by atoms with Crippen LogP contribution in [0, 0.1) is 5.92 Å². The van der Waals surface area contributed by atoms with Crippen LogP contribution in [-0.2, 0) is 14.3 Å². The average molecular weight is 442 g/mol. The van der Waals surface area contributed by atoms with Gasteiger partial charge in [0, 0.05) is 23.9 Å². The Bertz CT molecular complexity index is 734. The van der Waals surface area contributed by atoms with E-state index < -0.39 is 5.76 Å². The summed E-state index contributed by atoms with van der Waals surface area (Å²) in [7, 11) is 0. The topological polar surface area (TPSA) is 61.9 Å². The summed E-state index contributed by atoms with van der Waals surface area (Å²) >= 11 is 0.418. The SMILES string of the molecule is C[C@@H]1CN(C(=O)C2CCN(CC(=O)Nc3ccccc3SC(F)F)CC2)C[C@@H](C)O1. The lowest BCUT2D eigenvalue weighted by Gasteiger charge is -2.39. The predicted octanol–water partition coefficient (Wildman–Crippen LogP) is 3.29. The Morgan fingerprint density at radius 3 is 2.43 bits per heavy atom. The van der Waals surface area contributed by atoms with E-state index in [-0.39, 0.29) is 36.5 Å². The van der Waals surface area contributed by atoms with E-state index in [4.69, 9.17) is 4.74 Å². The second-order valence-corrected chi connectivity index (χ2v) is 9.01. The zero-order valence-electron chi connectivity index (χ0n) is 17.4. The first kappa shape index (κ1) is 23.0. The number of nitrogens with zero attached hydrogens (tertiary/aromatic N) is 2. The van der Waals surface area contributed by atoms with Crippen molar-refractivity contribution in [2.45, 2.75) is 49.6 Å². The van der Waals surface area contributed by atoms with Gasteiger partial charge in [0.1, 0.15) is 0 Å². The van der Waals surface area contributed by atoms with Crippen LogP contribution in [0.2, 0.25) is 0 Å². The number of rotatable bonds is 6. The second kappa shape index (κ2) is 10.5. The molecule has 2 aliphatic rings. The number of halogens is 2. The van der Waals surface area contributed by atoms with Crippen LogP contribution in [0.4, 0.5) is 14.5 Å². The molecule has 9 heteroatoms. The number of hydrogen-bond donors (Lipinski definition) is 1. The number of nitrogens with one attached hydrogen (secondary N) is 1. The molecule has 1 N–H and O–H groups in total. The smallest absolute Gasteiger partial charge is 0.288 e. The van der Waals surface area contributed by atoms with Gasteiger partial charge < -0.3 is 15.0 Å². The van der Waals surface area contributed by atoms with Crippen LogP contribution in [0.1, 0.15) is 26.7 Å². The molecule has 0 aliphatic carbocycles. The van der Waals surface area contributed by atoms with Crippen molar-refractivity contribution in [3.63, 3.8) is 0 Å². The summed E-state index contributed by atoms with van der Waals surface area (Å²) in [5, 5.41) is 2.73. The fourth-order valence-electron chi connectivity index (χ4n) is 4.12. The molecule has 2 atom stereocenters. The van der Waals surface area contributed by atoms with Gasteiger partial charge in [-0.2, -0.15) is 8.78 Å². The van der Waals surface area contributed by atoms with Crippen LogP contribution in [0.25, 0.3) is 0 Å². The van der Waals surface area contributed by atoms with Crippen LogP contribution in [-0.4, -0.2) is 72.3 Å². The van der Waals surface area contributed by atoms with Gasteiger partial charge in [0.15, 0.2) is 0 Å². The lowest BCUT2D eigenvalue weighted by molar-refractivity contribution is -0.148. The number of likely N-dealkylation sites (tertiary alicyclic amines) is 1. The number of ether oxygens (including phenoxy) is 1. The van der Waals surface area contributed by atoms with Crippen molar-refractivity contribution in [1.82, 2.24) is 9.80 Å². The Kier molecular flexibility index (Phi) is 8.07. The third-order valence-corrected chi connectivity index (χ3v) is 6.20. The van der Waals surface area contributed by atoms with Crippen molar-refractivity contribution in [1.29, 1.82) is 0 Å². The van der Waals surface area contributed by atoms with Gasteiger partial charge >= 0.3 is 0 Å². The molecule has 2 saturated heterocycles. The molecular weight excluding hydrogens is 412 g/mol. The molecule has 0 spiro atoms. The molecule has 2 amide bonds. The first-order valence-electron chi connectivity index (χ1n) is 10.3. The van der Waals surface area contributed by atoms with E-state index in [0.717, 1.165) is 0 Å². The Balaban J connectivity index is 1.47. The normalized spacial score (nSPS) is 23.6. The molecule has 166 valence electrons. The summed E-state index contributed by atoms with van der Waals surface area (Å²) in [5.74, 6) is -2.63. The molecule has 30 heavy (non-hydrogen) atoms. The fourth-order valence-corrected chi connectivity index (χ4v) is 4.71. The lowest BCUT2D eigenvalue weighted by atomic mass is 9.94. The number of hydrogen-bond acceptors (Lipinski definition) is 5. The number of morpholine rings is 1. The Morgan fingerprint density at radius 2 is 1.80 bits per heavy atom. The van der Waals surface area contributed by atoms with Crippen molar-refractivity contribution in [3.05, 3.63) is 24.3 Å². The summed E-state index contributed by atoms with van der Waals surface area (Å²) in [6.07, 6.45) is 1.52. The first-order valence-corrected chi connectivity index (χ1v) is 11.2. The second-order valence-electron chi connectivity index (χ2n) is 7.97. The molecule has 0 saturated carbocycles. The number of piperidine rings is 1. The third-order valence-electron chi connectivity index (χ3n) is 5.41. The van der Waals surface area contributed by atoms with Gasteiger partial charge in [-0.25, -0.2) is 0 Å². The minimum atomic E-state index is -2.54. The van der Waals surface area contributed by atoms with E-state index in [1.54, 1.807) is 24.3 Å². The van der Waals surface area contributed by atoms with Crippen molar-refractivity contribution in [3.8, 4) is 0 Å². The monoisotopic (exact) mass is 441 g/mol. The molecule has 2 heterocycles. The zero-order valence-corrected chi connectivity index (χ0v) is 18.2. The molecule has 0 radical (unpaired) electrons. The van der Waals surface area contributed by atoms with Crippen molar-refractivity contribution in [2.24, 2.45) is 5.92 Å². The van der Waals surface area contributed by atoms with Crippen LogP contribution >= 0.6 is 11.8 Å². The Labute approximate surface area is 180 Å². The average Bonchev–Trinajstić information content (AvgIpc) is 2.68. The number of carbonyl (C=O) groups is 2. The summed E-state index contributed by atoms with van der Waals surface area (Å²) in [4.78, 5) is 29.5. The summed E-state index contributed by atoms with van der Waals surface area (Å²) in [5.41, 5.74) is 0.397. The highest BCUT2D eigenvalue weighted by Gasteiger charge is 2.33. The van der Waals surface area contributed by atoms with E-state index in [1.807, 2.05) is 23.6 Å². The van der Waals surface area contributed by atoms with Gasteiger partial charge in [-0.3, -0.25) is 14.5 Å². The minimum absolute atomic E-state index is 0.0232. The van der Waals surface area contributed by atoms with Gasteiger partial charge in [-0.05, 0) is 51.9 Å². The molecule has 6 nitrogen and oxygen atoms in total. The molecule has 1 aromatic carbocycles. The van der Waals surface area contributed by atoms with E-state index in [9.17, 15) is 18.4 Å². The Morgan fingerprint density at radius 1 is 1.17 bits per heavy atom. The van der Waals surface area contributed by atoms with Crippen molar-refractivity contribution >= 4 is 29.3 Å². The highest BCUT2D eigenvalue weighted by Crippen LogP contribution is 2.31. The van der Waals surface area contributed by atoms with Crippen LogP contribution < -0.4 is 5.32 Å². The number of amides is 2. The number of thioether (sulfide) groups is 1. The maximum Gasteiger partial charge on any atom is 0.288 e. The molecule has 1 aromatic rings. The molecule has 0 bridgehead atoms. The molecule has 0 unspecified atom stereocenters. The molecule has 2 aliphatic heterocycles. The van der Waals surface area contributed by atoms with Gasteiger partial charge in [-0.1, -0.05) is 23.9 Å². The quantitative estimate of drug-likeness (QED) is 0.687. The highest BCUT2D eigenvalue weighted by atomic mass is 32.2. The van der Waals surface area contributed by atoms with E-state index in [1.165, 1.54) is 0 Å². The molecule has 0 aromatic heterocycles. The van der Waals surface area contributed by atoms with Gasteiger partial charge in [0.25, 0.3) is 5.76 Å². The fraction of sp³-hybridized carbons (Fsp3) is 0.619. The van der Waals surface area contributed by atoms with E-state index in [0.29, 0.717) is 61.4 Å². The van der Waals surface area contributed by atoms with Crippen LogP contribution in [0.3, 0.4) is 0 Å². The van der Waals surface area contributed by atoms with Crippen LogP contribution in [0.5, 0.6) is 0 Å². The van der Waals surface area contributed by atoms with Gasteiger partial charge in [0.2, 0.25) is 11.8 Å². The van der Waals surface area contributed by atoms with E-state index >= 15 is 0 Å². The minimum Gasteiger partial charge on any atom is -0.372 e.